The van der Waals surface area contributed by atoms with Crippen LogP contribution in [0, 0.1) is 0 Å². The second-order valence-electron chi connectivity index (χ2n) is 4.57. The van der Waals surface area contributed by atoms with Crippen LogP contribution in [0.2, 0.25) is 0 Å². The minimum absolute atomic E-state index is 0. The Kier molecular flexibility index (Phi) is 8.79. The monoisotopic (exact) mass is 395 g/mol. The third-order valence-electron chi connectivity index (χ3n) is 2.83. The Balaban J connectivity index is 0.00000242. The summed E-state index contributed by atoms with van der Waals surface area (Å²) in [5.74, 6) is 0.424. The van der Waals surface area contributed by atoms with E-state index in [0.29, 0.717) is 28.5 Å². The number of aliphatic imine (C=N–C) groups is 1. The van der Waals surface area contributed by atoms with Crippen LogP contribution in [-0.4, -0.2) is 27.6 Å². The molecule has 9 heteroatoms. The molecule has 2 aromatic rings. The second-order valence-corrected chi connectivity index (χ2v) is 7.50. The van der Waals surface area contributed by atoms with E-state index in [4.69, 9.17) is 5.73 Å². The topological polar surface area (TPSA) is 84.5 Å². The maximum absolute atomic E-state index is 11.8. The summed E-state index contributed by atoms with van der Waals surface area (Å²) in [6, 6.07) is 8.77. The van der Waals surface area contributed by atoms with Gasteiger partial charge in [-0.1, -0.05) is 6.07 Å². The van der Waals surface area contributed by atoms with Crippen LogP contribution in [-0.2, 0) is 16.4 Å². The van der Waals surface area contributed by atoms with E-state index < -0.39 is 9.84 Å². The lowest BCUT2D eigenvalue weighted by molar-refractivity contribution is 0.600. The number of amidine groups is 1. The molecule has 1 aromatic heterocycles. The van der Waals surface area contributed by atoms with E-state index in [-0.39, 0.29) is 24.8 Å². The first-order valence-corrected chi connectivity index (χ1v) is 9.04. The SMILES string of the molecule is CNCc1cc(N=C(N)c2cccs2)ccc1S(C)(=O)=O.Cl.Cl. The van der Waals surface area contributed by atoms with Crippen molar-refractivity contribution < 1.29 is 8.42 Å². The molecule has 0 saturated carbocycles. The lowest BCUT2D eigenvalue weighted by atomic mass is 10.2. The van der Waals surface area contributed by atoms with Gasteiger partial charge in [0.15, 0.2) is 9.84 Å². The van der Waals surface area contributed by atoms with Gasteiger partial charge in [-0.3, -0.25) is 0 Å². The van der Waals surface area contributed by atoms with Crippen LogP contribution in [0.3, 0.4) is 0 Å². The van der Waals surface area contributed by atoms with Crippen LogP contribution in [0.15, 0.2) is 45.6 Å². The van der Waals surface area contributed by atoms with Gasteiger partial charge in [-0.05, 0) is 42.3 Å². The van der Waals surface area contributed by atoms with Crippen molar-refractivity contribution in [1.82, 2.24) is 5.32 Å². The van der Waals surface area contributed by atoms with Crippen LogP contribution in [0.25, 0.3) is 0 Å². The van der Waals surface area contributed by atoms with Crippen molar-refractivity contribution in [2.45, 2.75) is 11.4 Å². The summed E-state index contributed by atoms with van der Waals surface area (Å²) in [6.07, 6.45) is 1.20. The first-order valence-electron chi connectivity index (χ1n) is 6.27. The number of hydrogen-bond acceptors (Lipinski definition) is 5. The number of nitrogens with zero attached hydrogens (tertiary/aromatic N) is 1. The van der Waals surface area contributed by atoms with Crippen molar-refractivity contribution in [2.75, 3.05) is 13.3 Å². The third kappa shape index (κ3) is 5.78. The van der Waals surface area contributed by atoms with Crippen molar-refractivity contribution in [1.29, 1.82) is 0 Å². The molecule has 1 aromatic carbocycles. The van der Waals surface area contributed by atoms with Gasteiger partial charge in [0.2, 0.25) is 0 Å². The van der Waals surface area contributed by atoms with Gasteiger partial charge in [0.1, 0.15) is 5.84 Å². The number of hydrogen-bond donors (Lipinski definition) is 2. The molecule has 3 N–H and O–H groups in total. The van der Waals surface area contributed by atoms with Crippen molar-refractivity contribution in [3.8, 4) is 0 Å². The largest absolute Gasteiger partial charge is 0.383 e. The van der Waals surface area contributed by atoms with Crippen molar-refractivity contribution >= 4 is 57.5 Å². The minimum atomic E-state index is -3.26. The highest BCUT2D eigenvalue weighted by Crippen LogP contribution is 2.23. The quantitative estimate of drug-likeness (QED) is 0.601. The van der Waals surface area contributed by atoms with Gasteiger partial charge >= 0.3 is 0 Å². The summed E-state index contributed by atoms with van der Waals surface area (Å²) in [4.78, 5) is 5.55. The van der Waals surface area contributed by atoms with Gasteiger partial charge in [0.25, 0.3) is 0 Å². The van der Waals surface area contributed by atoms with Gasteiger partial charge in [-0.15, -0.1) is 36.2 Å². The Labute approximate surface area is 152 Å². The highest BCUT2D eigenvalue weighted by atomic mass is 35.5. The molecule has 0 bridgehead atoms. The lowest BCUT2D eigenvalue weighted by Crippen LogP contribution is -2.12. The number of benzene rings is 1. The molecule has 0 amide bonds. The Morgan fingerprint density at radius 3 is 2.52 bits per heavy atom. The number of thiophene rings is 1. The van der Waals surface area contributed by atoms with E-state index in [1.165, 1.54) is 17.6 Å². The molecule has 0 saturated heterocycles. The van der Waals surface area contributed by atoms with Crippen LogP contribution in [0.1, 0.15) is 10.4 Å². The van der Waals surface area contributed by atoms with Crippen LogP contribution in [0.4, 0.5) is 5.69 Å². The van der Waals surface area contributed by atoms with Gasteiger partial charge < -0.3 is 11.1 Å². The maximum atomic E-state index is 11.8. The average molecular weight is 396 g/mol. The first kappa shape index (κ1) is 21.9. The number of rotatable bonds is 5. The minimum Gasteiger partial charge on any atom is -0.383 e. The number of halogens is 2. The zero-order chi connectivity index (χ0) is 15.5. The standard InChI is InChI=1S/C14H17N3O2S2.2ClH/c1-16-9-10-8-11(5-6-13(10)21(2,18)19)17-14(15)12-4-3-7-20-12;;/h3-8,16H,9H2,1-2H3,(H2,15,17);2*1H. The molecular formula is C14H19Cl2N3O2S2. The van der Waals surface area contributed by atoms with E-state index in [1.807, 2.05) is 17.5 Å². The molecule has 0 unspecified atom stereocenters. The Morgan fingerprint density at radius 2 is 2.00 bits per heavy atom. The second kappa shape index (κ2) is 9.24. The fourth-order valence-electron chi connectivity index (χ4n) is 1.94. The summed E-state index contributed by atoms with van der Waals surface area (Å²) >= 11 is 1.51. The van der Waals surface area contributed by atoms with Gasteiger partial charge in [-0.25, -0.2) is 13.4 Å². The third-order valence-corrected chi connectivity index (χ3v) is 4.92. The number of nitrogens with one attached hydrogen (secondary N) is 1. The predicted octanol–water partition coefficient (Wildman–Crippen LogP) is 2.75. The molecule has 0 atom stereocenters. The summed E-state index contributed by atoms with van der Waals surface area (Å²) in [5.41, 5.74) is 7.26. The molecule has 23 heavy (non-hydrogen) atoms. The van der Waals surface area contributed by atoms with Crippen LogP contribution >= 0.6 is 36.2 Å². The number of nitrogens with two attached hydrogens (primary N) is 1. The van der Waals surface area contributed by atoms with Crippen LogP contribution < -0.4 is 11.1 Å². The molecule has 0 aliphatic rings. The van der Waals surface area contributed by atoms with Gasteiger partial charge in [0.05, 0.1) is 15.5 Å². The van der Waals surface area contributed by atoms with Crippen molar-refractivity contribution in [2.24, 2.45) is 10.7 Å². The smallest absolute Gasteiger partial charge is 0.175 e. The van der Waals surface area contributed by atoms with E-state index in [0.717, 1.165) is 4.88 Å². The maximum Gasteiger partial charge on any atom is 0.175 e. The Hall–Kier alpha value is -1.12. The van der Waals surface area contributed by atoms with E-state index in [9.17, 15) is 8.42 Å². The van der Waals surface area contributed by atoms with Gasteiger partial charge in [0, 0.05) is 12.8 Å². The molecule has 0 fully saturated rings. The molecule has 0 aliphatic heterocycles. The fraction of sp³-hybridized carbons (Fsp3) is 0.214. The van der Waals surface area contributed by atoms with E-state index >= 15 is 0 Å². The lowest BCUT2D eigenvalue weighted by Gasteiger charge is -2.08. The summed E-state index contributed by atoms with van der Waals surface area (Å²) in [7, 11) is -1.50. The molecule has 0 radical (unpaired) electrons. The molecule has 2 rings (SSSR count). The van der Waals surface area contributed by atoms with Crippen LogP contribution in [0.5, 0.6) is 0 Å². The summed E-state index contributed by atoms with van der Waals surface area (Å²) < 4.78 is 23.5. The summed E-state index contributed by atoms with van der Waals surface area (Å²) in [6.45, 7) is 0.449. The van der Waals surface area contributed by atoms with E-state index in [1.54, 1.807) is 25.2 Å². The Morgan fingerprint density at radius 1 is 1.30 bits per heavy atom. The Bertz CT molecular complexity index is 760. The zero-order valence-corrected chi connectivity index (χ0v) is 15.9. The predicted molar refractivity (Wildman–Crippen MR) is 102 cm³/mol. The highest BCUT2D eigenvalue weighted by molar-refractivity contribution is 7.90. The van der Waals surface area contributed by atoms with Gasteiger partial charge in [-0.2, -0.15) is 0 Å². The fourth-order valence-corrected chi connectivity index (χ4v) is 3.49. The zero-order valence-electron chi connectivity index (χ0n) is 12.6. The van der Waals surface area contributed by atoms with E-state index in [2.05, 4.69) is 10.3 Å². The molecular weight excluding hydrogens is 377 g/mol. The molecule has 1 heterocycles. The number of sulfone groups is 1. The average Bonchev–Trinajstić information content (AvgIpc) is 2.91. The van der Waals surface area contributed by atoms with Crippen molar-refractivity contribution in [3.05, 3.63) is 46.2 Å². The highest BCUT2D eigenvalue weighted by Gasteiger charge is 2.13. The molecule has 0 spiro atoms. The molecule has 128 valence electrons. The molecule has 5 nitrogen and oxygen atoms in total. The van der Waals surface area contributed by atoms with Crippen molar-refractivity contribution in [3.63, 3.8) is 0 Å². The molecule has 0 aliphatic carbocycles. The first-order chi connectivity index (χ1) is 9.91. The summed E-state index contributed by atoms with van der Waals surface area (Å²) in [5, 5.41) is 4.89. The normalized spacial score (nSPS) is 11.5.